The van der Waals surface area contributed by atoms with E-state index in [0.717, 1.165) is 24.3 Å². The normalized spacial score (nSPS) is 13.2. The van der Waals surface area contributed by atoms with Crippen LogP contribution in [0.5, 0.6) is 0 Å². The van der Waals surface area contributed by atoms with E-state index in [1.165, 1.54) is 24.3 Å². The van der Waals surface area contributed by atoms with Gasteiger partial charge in [-0.2, -0.15) is 46.9 Å². The van der Waals surface area contributed by atoms with E-state index in [1.54, 1.807) is 36.7 Å². The highest BCUT2D eigenvalue weighted by atomic mass is 19.4. The summed E-state index contributed by atoms with van der Waals surface area (Å²) in [6, 6.07) is 17.2. The quantitative estimate of drug-likeness (QED) is 0.138. The van der Waals surface area contributed by atoms with Gasteiger partial charge in [-0.15, -0.1) is 0 Å². The van der Waals surface area contributed by atoms with Crippen molar-refractivity contribution in [2.75, 3.05) is 0 Å². The summed E-state index contributed by atoms with van der Waals surface area (Å²) in [5.41, 5.74) is -1.89. The first-order valence-electron chi connectivity index (χ1n) is 13.9. The summed E-state index contributed by atoms with van der Waals surface area (Å²) >= 11 is 0. The predicted octanol–water partition coefficient (Wildman–Crippen LogP) is 9.59. The Labute approximate surface area is 264 Å². The number of hydrogen-bond donors (Lipinski definition) is 0. The van der Waals surface area contributed by atoms with Crippen molar-refractivity contribution in [1.82, 2.24) is 0 Å². The van der Waals surface area contributed by atoms with Gasteiger partial charge in [0.1, 0.15) is 11.6 Å². The zero-order chi connectivity index (χ0) is 34.1. The molecule has 0 radical (unpaired) electrons. The third kappa shape index (κ3) is 4.99. The second-order valence-electron chi connectivity index (χ2n) is 11.0. The monoisotopic (exact) mass is 654 g/mol. The van der Waals surface area contributed by atoms with E-state index in [1.807, 2.05) is 0 Å². The summed E-state index contributed by atoms with van der Waals surface area (Å²) in [7, 11) is 0. The molecule has 48 heavy (non-hydrogen) atoms. The molecule has 7 aromatic carbocycles. The van der Waals surface area contributed by atoms with Gasteiger partial charge in [-0.1, -0.05) is 24.3 Å². The van der Waals surface area contributed by atoms with Crippen LogP contribution in [0.2, 0.25) is 0 Å². The van der Waals surface area contributed by atoms with Crippen LogP contribution in [0.25, 0.3) is 65.3 Å². The Morgan fingerprint density at radius 1 is 0.417 bits per heavy atom. The average molecular weight is 655 g/mol. The Kier molecular flexibility index (Phi) is 6.81. The Hall–Kier alpha value is -6.14. The summed E-state index contributed by atoms with van der Waals surface area (Å²) < 4.78 is 109. The van der Waals surface area contributed by atoms with Gasteiger partial charge in [-0.05, 0) is 104 Å². The number of benzene rings is 5. The van der Waals surface area contributed by atoms with Crippen molar-refractivity contribution in [3.05, 3.63) is 118 Å². The second kappa shape index (κ2) is 10.7. The molecule has 0 spiro atoms. The van der Waals surface area contributed by atoms with E-state index in [-0.39, 0.29) is 33.0 Å². The molecule has 4 nitrogen and oxygen atoms in total. The maximum absolute atomic E-state index is 14.2. The molecule has 0 amide bonds. The van der Waals surface area contributed by atoms with E-state index in [0.29, 0.717) is 55.2 Å². The van der Waals surface area contributed by atoms with Gasteiger partial charge < -0.3 is 0 Å². The Balaban J connectivity index is 1.49. The lowest BCUT2D eigenvalue weighted by atomic mass is 9.99. The van der Waals surface area contributed by atoms with Gasteiger partial charge in [0.25, 0.3) is 0 Å². The molecule has 7 rings (SSSR count). The van der Waals surface area contributed by atoms with Crippen molar-refractivity contribution in [2.45, 2.75) is 12.4 Å². The highest BCUT2D eigenvalue weighted by molar-refractivity contribution is 6.21. The number of nitrogens with zero attached hydrogens (tertiary/aromatic N) is 4. The van der Waals surface area contributed by atoms with Crippen LogP contribution < -0.4 is 10.7 Å². The van der Waals surface area contributed by atoms with Crippen molar-refractivity contribution in [1.29, 1.82) is 10.5 Å². The van der Waals surface area contributed by atoms with Crippen LogP contribution in [0, 0.1) is 34.5 Å². The number of nitriles is 2. The molecule has 0 atom stereocenters. The molecule has 0 saturated carbocycles. The smallest absolute Gasteiger partial charge is 0.207 e. The molecule has 12 heteroatoms. The lowest BCUT2D eigenvalue weighted by Gasteiger charge is -2.10. The fourth-order valence-corrected chi connectivity index (χ4v) is 6.22. The van der Waals surface area contributed by atoms with Gasteiger partial charge in [0.15, 0.2) is 0 Å². The molecular formula is C36H14F8N4. The molecule has 0 unspecified atom stereocenters. The maximum atomic E-state index is 14.2. The van der Waals surface area contributed by atoms with Crippen LogP contribution in [-0.4, -0.2) is 0 Å². The zero-order valence-corrected chi connectivity index (χ0v) is 23.9. The highest BCUT2D eigenvalue weighted by Crippen LogP contribution is 2.38. The summed E-state index contributed by atoms with van der Waals surface area (Å²) in [4.78, 5) is 7.97. The minimum Gasteiger partial charge on any atom is -0.207 e. The standard InChI is InChI=1S/C36H14F8N4/c37-23-7-19(5-21(11-23)35(39,40)41)17-1-3-25-27-13-28-26-4-2-18(20-6-22(36(42,43)44)12-24(38)8-20)10-30(26)34(48-16-46)32(28)14-31(27)33(47-15-45)29(25)9-17/h1-14H. The van der Waals surface area contributed by atoms with Crippen LogP contribution in [0.15, 0.2) is 94.9 Å². The van der Waals surface area contributed by atoms with Gasteiger partial charge in [0.05, 0.1) is 21.8 Å². The SMILES string of the molecule is N#CN=c1c2cc(-c3cc(F)cc(C(F)(F)F)c3)ccc2c2cc3c(cc12)c(=NC#N)c1cc(-c2cc(F)cc(C(F)(F)F)c2)ccc13. The van der Waals surface area contributed by atoms with Crippen LogP contribution >= 0.6 is 0 Å². The molecular weight excluding hydrogens is 640 g/mol. The number of hydrogen-bond acceptors (Lipinski definition) is 4. The maximum Gasteiger partial charge on any atom is 0.416 e. The van der Waals surface area contributed by atoms with E-state index >= 15 is 0 Å². The first-order chi connectivity index (χ1) is 22.8. The molecule has 0 bridgehead atoms. The molecule has 0 saturated heterocycles. The third-order valence-electron chi connectivity index (χ3n) is 8.24. The van der Waals surface area contributed by atoms with E-state index in [4.69, 9.17) is 0 Å². The molecule has 0 aliphatic carbocycles. The van der Waals surface area contributed by atoms with E-state index in [9.17, 15) is 45.6 Å². The van der Waals surface area contributed by atoms with Crippen molar-refractivity contribution >= 4 is 43.1 Å². The van der Waals surface area contributed by atoms with Crippen LogP contribution in [-0.2, 0) is 12.4 Å². The summed E-state index contributed by atoms with van der Waals surface area (Å²) in [5.74, 6) is -2.15. The van der Waals surface area contributed by atoms with Crippen molar-refractivity contribution in [3.8, 4) is 34.6 Å². The Morgan fingerprint density at radius 3 is 1.17 bits per heavy atom. The fourth-order valence-electron chi connectivity index (χ4n) is 6.22. The predicted molar refractivity (Wildman–Crippen MR) is 162 cm³/mol. The highest BCUT2D eigenvalue weighted by Gasteiger charge is 2.32. The van der Waals surface area contributed by atoms with Gasteiger partial charge in [-0.25, -0.2) is 8.78 Å². The Morgan fingerprint density at radius 2 is 0.792 bits per heavy atom. The fraction of sp³-hybridized carbons (Fsp3) is 0.0556. The Bertz CT molecular complexity index is 2520. The van der Waals surface area contributed by atoms with Crippen LogP contribution in [0.3, 0.4) is 0 Å². The van der Waals surface area contributed by atoms with Crippen molar-refractivity contribution in [2.24, 2.45) is 9.98 Å². The van der Waals surface area contributed by atoms with Gasteiger partial charge in [-0.3, -0.25) is 0 Å². The van der Waals surface area contributed by atoms with Crippen LogP contribution in [0.4, 0.5) is 35.1 Å². The summed E-state index contributed by atoms with van der Waals surface area (Å²) in [6.07, 6.45) is -6.07. The molecule has 0 aliphatic heterocycles. The van der Waals surface area contributed by atoms with E-state index < -0.39 is 35.1 Å². The molecule has 0 heterocycles. The van der Waals surface area contributed by atoms with Gasteiger partial charge in [0, 0.05) is 21.5 Å². The first kappa shape index (κ1) is 30.5. The zero-order valence-electron chi connectivity index (χ0n) is 23.9. The summed E-state index contributed by atoms with van der Waals surface area (Å²) in [6.45, 7) is 0. The minimum absolute atomic E-state index is 0.0336. The molecule has 0 N–H and O–H groups in total. The van der Waals surface area contributed by atoms with E-state index in [2.05, 4.69) is 9.98 Å². The third-order valence-corrected chi connectivity index (χ3v) is 8.24. The van der Waals surface area contributed by atoms with Gasteiger partial charge in [0.2, 0.25) is 12.4 Å². The number of alkyl halides is 6. The lowest BCUT2D eigenvalue weighted by Crippen LogP contribution is -2.05. The van der Waals surface area contributed by atoms with Crippen LogP contribution in [0.1, 0.15) is 11.1 Å². The summed E-state index contributed by atoms with van der Waals surface area (Å²) in [5, 5.41) is 23.6. The number of fused-ring (bicyclic) bond motifs is 6. The number of halogens is 8. The minimum atomic E-state index is -4.78. The molecule has 234 valence electrons. The molecule has 0 aromatic heterocycles. The second-order valence-corrected chi connectivity index (χ2v) is 11.0. The molecule has 7 aromatic rings. The molecule has 0 fully saturated rings. The average Bonchev–Trinajstić information content (AvgIpc) is 3.49. The first-order valence-corrected chi connectivity index (χ1v) is 13.9. The van der Waals surface area contributed by atoms with Gasteiger partial charge >= 0.3 is 12.4 Å². The largest absolute Gasteiger partial charge is 0.416 e. The molecule has 0 aliphatic rings. The lowest BCUT2D eigenvalue weighted by molar-refractivity contribution is -0.138. The van der Waals surface area contributed by atoms with Crippen molar-refractivity contribution < 1.29 is 35.1 Å². The number of rotatable bonds is 2. The topological polar surface area (TPSA) is 72.3 Å². The van der Waals surface area contributed by atoms with Crippen molar-refractivity contribution in [3.63, 3.8) is 0 Å².